The molecule has 0 aromatic heterocycles. The van der Waals surface area contributed by atoms with Gasteiger partial charge in [-0.25, -0.2) is 0 Å². The van der Waals surface area contributed by atoms with Gasteiger partial charge in [-0.3, -0.25) is 9.59 Å². The molecule has 1 heterocycles. The smallest absolute Gasteiger partial charge is 0.254 e. The van der Waals surface area contributed by atoms with E-state index in [-0.39, 0.29) is 17.9 Å². The number of hydrogen-bond donors (Lipinski definition) is 1. The summed E-state index contributed by atoms with van der Waals surface area (Å²) >= 11 is 13.1. The van der Waals surface area contributed by atoms with Crippen molar-refractivity contribution in [3.8, 4) is 0 Å². The Kier molecular flexibility index (Phi) is 8.61. The summed E-state index contributed by atoms with van der Waals surface area (Å²) in [4.78, 5) is 32.5. The monoisotopic (exact) mass is 563 g/mol. The van der Waals surface area contributed by atoms with Gasteiger partial charge in [-0.1, -0.05) is 77.8 Å². The zero-order valence-corrected chi connectivity index (χ0v) is 24.0. The molecule has 2 atom stereocenters. The molecule has 1 fully saturated rings. The van der Waals surface area contributed by atoms with Crippen LogP contribution in [-0.2, 0) is 11.2 Å². The summed E-state index contributed by atoms with van der Waals surface area (Å²) in [6, 6.07) is 23.0. The molecule has 1 aliphatic heterocycles. The van der Waals surface area contributed by atoms with E-state index in [2.05, 4.69) is 36.4 Å². The van der Waals surface area contributed by atoms with E-state index in [1.54, 1.807) is 12.1 Å². The van der Waals surface area contributed by atoms with Gasteiger partial charge in [0.2, 0.25) is 5.91 Å². The summed E-state index contributed by atoms with van der Waals surface area (Å²) in [6.07, 6.45) is 4.47. The molecule has 0 radical (unpaired) electrons. The lowest BCUT2D eigenvalue weighted by molar-refractivity contribution is -0.124. The predicted octanol–water partition coefficient (Wildman–Crippen LogP) is 6.51. The average Bonchev–Trinajstić information content (AvgIpc) is 2.94. The number of fused-ring (bicyclic) bond motifs is 1. The van der Waals surface area contributed by atoms with Crippen molar-refractivity contribution in [2.24, 2.45) is 0 Å². The third-order valence-electron chi connectivity index (χ3n) is 8.29. The molecule has 1 N–H and O–H groups in total. The van der Waals surface area contributed by atoms with Gasteiger partial charge in [0.15, 0.2) is 0 Å². The van der Waals surface area contributed by atoms with E-state index in [0.717, 1.165) is 48.8 Å². The summed E-state index contributed by atoms with van der Waals surface area (Å²) in [5.41, 5.74) is 3.25. The van der Waals surface area contributed by atoms with E-state index in [1.807, 2.05) is 53.4 Å². The Morgan fingerprint density at radius 2 is 1.62 bits per heavy atom. The zero-order valence-electron chi connectivity index (χ0n) is 22.4. The van der Waals surface area contributed by atoms with Gasteiger partial charge >= 0.3 is 0 Å². The first-order valence-corrected chi connectivity index (χ1v) is 14.5. The Labute approximate surface area is 241 Å². The van der Waals surface area contributed by atoms with Gasteiger partial charge in [0.05, 0.1) is 12.0 Å². The van der Waals surface area contributed by atoms with E-state index in [9.17, 15) is 9.59 Å². The van der Waals surface area contributed by atoms with E-state index < -0.39 is 12.0 Å². The number of nitrogens with one attached hydrogen (secondary N) is 1. The third kappa shape index (κ3) is 5.86. The second kappa shape index (κ2) is 12.1. The molecule has 0 saturated heterocycles. The summed E-state index contributed by atoms with van der Waals surface area (Å²) in [6.45, 7) is 0.504. The van der Waals surface area contributed by atoms with Crippen molar-refractivity contribution < 1.29 is 9.59 Å². The van der Waals surface area contributed by atoms with Crippen molar-refractivity contribution in [2.75, 3.05) is 20.6 Å². The minimum atomic E-state index is -0.597. The van der Waals surface area contributed by atoms with Crippen LogP contribution in [0.4, 0.5) is 0 Å². The summed E-state index contributed by atoms with van der Waals surface area (Å²) in [5, 5.41) is 4.17. The molecule has 1 aliphatic carbocycles. The van der Waals surface area contributed by atoms with Crippen LogP contribution >= 0.6 is 23.2 Å². The summed E-state index contributed by atoms with van der Waals surface area (Å²) < 4.78 is 0. The number of nitrogens with zero attached hydrogens (tertiary/aromatic N) is 2. The first-order chi connectivity index (χ1) is 18.8. The fraction of sp³-hybridized carbons (Fsp3) is 0.375. The quantitative estimate of drug-likeness (QED) is 0.356. The van der Waals surface area contributed by atoms with Crippen molar-refractivity contribution in [2.45, 2.75) is 56.1 Å². The number of hydrogen-bond acceptors (Lipinski definition) is 3. The van der Waals surface area contributed by atoms with Crippen LogP contribution in [0.15, 0.2) is 72.8 Å². The van der Waals surface area contributed by atoms with Gasteiger partial charge in [0, 0.05) is 34.2 Å². The van der Waals surface area contributed by atoms with Crippen LogP contribution in [-0.4, -0.2) is 54.3 Å². The average molecular weight is 565 g/mol. The molecule has 5 nitrogen and oxygen atoms in total. The van der Waals surface area contributed by atoms with E-state index in [0.29, 0.717) is 28.2 Å². The molecular weight excluding hydrogens is 529 g/mol. The highest BCUT2D eigenvalue weighted by atomic mass is 35.5. The van der Waals surface area contributed by atoms with Crippen molar-refractivity contribution in [1.29, 1.82) is 0 Å². The fourth-order valence-corrected chi connectivity index (χ4v) is 6.77. The highest BCUT2D eigenvalue weighted by molar-refractivity contribution is 6.35. The van der Waals surface area contributed by atoms with Crippen LogP contribution < -0.4 is 5.32 Å². The van der Waals surface area contributed by atoms with Gasteiger partial charge in [-0.2, -0.15) is 0 Å². The predicted molar refractivity (Wildman–Crippen MR) is 157 cm³/mol. The van der Waals surface area contributed by atoms with Crippen LogP contribution in [0.2, 0.25) is 10.0 Å². The van der Waals surface area contributed by atoms with Crippen molar-refractivity contribution in [3.63, 3.8) is 0 Å². The third-order valence-corrected chi connectivity index (χ3v) is 8.85. The summed E-state index contributed by atoms with van der Waals surface area (Å²) in [5.74, 6) is -0.739. The number of rotatable bonds is 7. The normalized spacial score (nSPS) is 23.0. The summed E-state index contributed by atoms with van der Waals surface area (Å²) in [7, 11) is 4.22. The zero-order chi connectivity index (χ0) is 27.5. The molecule has 2 amide bonds. The maximum Gasteiger partial charge on any atom is 0.254 e. The first-order valence-electron chi connectivity index (χ1n) is 13.7. The topological polar surface area (TPSA) is 52.7 Å². The molecule has 39 heavy (non-hydrogen) atoms. The molecule has 204 valence electrons. The highest BCUT2D eigenvalue weighted by Gasteiger charge is 2.47. The van der Waals surface area contributed by atoms with Crippen LogP contribution in [0.5, 0.6) is 0 Å². The Morgan fingerprint density at radius 3 is 2.31 bits per heavy atom. The first kappa shape index (κ1) is 27.7. The molecule has 3 aromatic rings. The lowest BCUT2D eigenvalue weighted by atomic mass is 9.76. The largest absolute Gasteiger partial charge is 0.355 e. The maximum absolute atomic E-state index is 14.2. The van der Waals surface area contributed by atoms with E-state index in [4.69, 9.17) is 23.2 Å². The Balaban J connectivity index is 1.53. The highest BCUT2D eigenvalue weighted by Crippen LogP contribution is 2.47. The minimum Gasteiger partial charge on any atom is -0.355 e. The second-order valence-electron chi connectivity index (χ2n) is 10.8. The lowest BCUT2D eigenvalue weighted by Crippen LogP contribution is -2.53. The number of amides is 2. The van der Waals surface area contributed by atoms with Crippen molar-refractivity contribution >= 4 is 35.0 Å². The number of benzene rings is 3. The molecule has 0 unspecified atom stereocenters. The Morgan fingerprint density at radius 1 is 0.923 bits per heavy atom. The Hall–Kier alpha value is -2.86. The van der Waals surface area contributed by atoms with Crippen LogP contribution in [0.3, 0.4) is 0 Å². The maximum atomic E-state index is 14.2. The van der Waals surface area contributed by atoms with Gasteiger partial charge in [-0.15, -0.1) is 0 Å². The fourth-order valence-electron chi connectivity index (χ4n) is 6.24. The molecule has 1 saturated carbocycles. The lowest BCUT2D eigenvalue weighted by Gasteiger charge is -2.48. The van der Waals surface area contributed by atoms with Gasteiger partial charge < -0.3 is 15.1 Å². The molecule has 5 rings (SSSR count). The molecular formula is C32H35Cl2N3O2. The Bertz CT molecular complexity index is 1320. The van der Waals surface area contributed by atoms with Gasteiger partial charge in [0.25, 0.3) is 5.91 Å². The number of carbonyl (C=O) groups is 2. The number of carbonyl (C=O) groups excluding carboxylic acids is 2. The molecule has 0 spiro atoms. The van der Waals surface area contributed by atoms with Crippen molar-refractivity contribution in [1.82, 2.24) is 15.1 Å². The molecule has 3 aromatic carbocycles. The van der Waals surface area contributed by atoms with Crippen LogP contribution in [0.1, 0.15) is 64.7 Å². The van der Waals surface area contributed by atoms with Crippen molar-refractivity contribution in [3.05, 3.63) is 105 Å². The van der Waals surface area contributed by atoms with Gasteiger partial charge in [-0.05, 0) is 81.1 Å². The molecule has 7 heteroatoms. The van der Waals surface area contributed by atoms with Crippen LogP contribution in [0.25, 0.3) is 0 Å². The number of halogens is 2. The molecule has 0 bridgehead atoms. The second-order valence-corrected chi connectivity index (χ2v) is 11.7. The standard InChI is InChI=1S/C32H35Cl2N3O2/c1-36(2)23-13-15-24(16-14-23)37-30(27-17-12-22(33)20-28(27)34)29(25-10-6-7-11-26(25)32(37)39)31(38)35-19-18-21-8-4-3-5-9-21/h3-12,17,20,23-24,29-30H,13-16,18-19H2,1-2H3,(H,35,38)/t23-,24-,29-,30+/m1/s1. The van der Waals surface area contributed by atoms with Gasteiger partial charge in [0.1, 0.15) is 0 Å². The van der Waals surface area contributed by atoms with Crippen LogP contribution in [0, 0.1) is 0 Å². The molecule has 2 aliphatic rings. The minimum absolute atomic E-state index is 0.0124. The van der Waals surface area contributed by atoms with E-state index in [1.165, 1.54) is 0 Å². The SMILES string of the molecule is CN(C)[C@H]1CC[C@H](N2C(=O)c3ccccc3[C@@H](C(=O)NCCc3ccccc3)[C@@H]2c2ccc(Cl)cc2Cl)CC1. The van der Waals surface area contributed by atoms with E-state index >= 15 is 0 Å².